The molecule has 296 valence electrons. The van der Waals surface area contributed by atoms with Crippen molar-refractivity contribution in [2.75, 3.05) is 19.6 Å². The van der Waals surface area contributed by atoms with Gasteiger partial charge in [-0.3, -0.25) is 24.0 Å². The fourth-order valence-electron chi connectivity index (χ4n) is 5.46. The monoisotopic (exact) mass is 853 g/mol. The quantitative estimate of drug-likeness (QED) is 0.0895. The van der Waals surface area contributed by atoms with Gasteiger partial charge >= 0.3 is 11.9 Å². The van der Waals surface area contributed by atoms with Crippen molar-refractivity contribution in [2.24, 2.45) is 10.9 Å². The number of carbonyl (C=O) groups is 7. The molecule has 18 nitrogen and oxygen atoms in total. The van der Waals surface area contributed by atoms with Crippen molar-refractivity contribution in [2.45, 2.75) is 73.3 Å². The van der Waals surface area contributed by atoms with E-state index in [1.165, 1.54) is 6.07 Å². The molecule has 2 aromatic rings. The molecule has 0 unspecified atom stereocenters. The number of primary sulfonamides is 1. The number of amides is 5. The second kappa shape index (κ2) is 20.0. The summed E-state index contributed by atoms with van der Waals surface area (Å²) in [6.07, 6.45) is -0.586. The molecule has 2 heterocycles. The zero-order valence-electron chi connectivity index (χ0n) is 28.3. The van der Waals surface area contributed by atoms with Crippen LogP contribution in [0.15, 0.2) is 28.5 Å². The second-order valence-electron chi connectivity index (χ2n) is 12.1. The minimum absolute atomic E-state index is 0.0613. The molecule has 1 aliphatic heterocycles. The van der Waals surface area contributed by atoms with Crippen molar-refractivity contribution in [3.63, 3.8) is 0 Å². The van der Waals surface area contributed by atoms with E-state index in [0.29, 0.717) is 41.3 Å². The Morgan fingerprint density at radius 3 is 2.22 bits per heavy atom. The summed E-state index contributed by atoms with van der Waals surface area (Å²) >= 11 is 18.7. The van der Waals surface area contributed by atoms with Crippen LogP contribution in [-0.2, 0) is 45.2 Å². The van der Waals surface area contributed by atoms with Crippen molar-refractivity contribution < 1.29 is 52.2 Å². The number of nitrogens with zero attached hydrogens (tertiary/aromatic N) is 1. The highest BCUT2D eigenvalue weighted by atomic mass is 35.5. The van der Waals surface area contributed by atoms with Crippen LogP contribution in [0.25, 0.3) is 0 Å². The molecule has 1 fully saturated rings. The van der Waals surface area contributed by atoms with Gasteiger partial charge in [0.2, 0.25) is 33.7 Å². The molecule has 0 saturated carbocycles. The Hall–Kier alpha value is -4.05. The van der Waals surface area contributed by atoms with Gasteiger partial charge in [0.15, 0.2) is 0 Å². The highest BCUT2D eigenvalue weighted by molar-refractivity contribution is 7.91. The van der Waals surface area contributed by atoms with Crippen LogP contribution in [0.1, 0.15) is 54.4 Å². The molecule has 23 heteroatoms. The maximum atomic E-state index is 13.7. The van der Waals surface area contributed by atoms with E-state index in [1.54, 1.807) is 12.1 Å². The minimum atomic E-state index is -4.41. The van der Waals surface area contributed by atoms with Crippen LogP contribution < -0.4 is 32.1 Å². The predicted molar refractivity (Wildman–Crippen MR) is 197 cm³/mol. The lowest BCUT2D eigenvalue weighted by Gasteiger charge is -2.24. The number of rotatable bonds is 19. The summed E-state index contributed by atoms with van der Waals surface area (Å²) in [5.74, 6) is -6.95. The van der Waals surface area contributed by atoms with E-state index >= 15 is 0 Å². The number of likely N-dealkylation sites (tertiary alicyclic amines) is 1. The van der Waals surface area contributed by atoms with Gasteiger partial charge in [0.05, 0.1) is 22.7 Å². The zero-order chi connectivity index (χ0) is 40.3. The van der Waals surface area contributed by atoms with Gasteiger partial charge in [-0.1, -0.05) is 40.9 Å². The van der Waals surface area contributed by atoms with Gasteiger partial charge in [0.1, 0.15) is 22.3 Å². The van der Waals surface area contributed by atoms with E-state index < -0.39 is 98.3 Å². The summed E-state index contributed by atoms with van der Waals surface area (Å²) in [6, 6.07) is 0.539. The number of carboxylic acid groups (broad SMARTS) is 2. The fourth-order valence-corrected chi connectivity index (χ4v) is 8.21. The lowest BCUT2D eigenvalue weighted by molar-refractivity contribution is -0.144. The Labute approximate surface area is 328 Å². The average Bonchev–Trinajstić information content (AvgIpc) is 3.68. The number of thiophene rings is 1. The van der Waals surface area contributed by atoms with Crippen molar-refractivity contribution in [3.8, 4) is 0 Å². The number of nitrogens with one attached hydrogen (secondary N) is 4. The maximum absolute atomic E-state index is 13.7. The van der Waals surface area contributed by atoms with Crippen molar-refractivity contribution in [3.05, 3.63) is 49.8 Å². The Balaban J connectivity index is 1.68. The van der Waals surface area contributed by atoms with Gasteiger partial charge < -0.3 is 42.1 Å². The minimum Gasteiger partial charge on any atom is -0.480 e. The topological polar surface area (TPSA) is 297 Å². The molecule has 3 rings (SSSR count). The molecule has 0 bridgehead atoms. The maximum Gasteiger partial charge on any atom is 0.326 e. The van der Waals surface area contributed by atoms with Gasteiger partial charge in [-0.15, -0.1) is 11.3 Å². The average molecular weight is 855 g/mol. The van der Waals surface area contributed by atoms with E-state index in [1.807, 2.05) is 0 Å². The van der Waals surface area contributed by atoms with E-state index in [2.05, 4.69) is 21.3 Å². The third-order valence-corrected chi connectivity index (χ3v) is 11.3. The predicted octanol–water partition coefficient (Wildman–Crippen LogP) is 0.462. The van der Waals surface area contributed by atoms with Gasteiger partial charge in [0, 0.05) is 35.6 Å². The first-order valence-corrected chi connectivity index (χ1v) is 19.7. The number of hydrogen-bond acceptors (Lipinski definition) is 11. The van der Waals surface area contributed by atoms with E-state index in [4.69, 9.17) is 45.7 Å². The molecule has 0 spiro atoms. The molecule has 5 amide bonds. The van der Waals surface area contributed by atoms with Crippen molar-refractivity contribution in [1.82, 2.24) is 26.2 Å². The Kier molecular flexibility index (Phi) is 16.5. The molecule has 54 heavy (non-hydrogen) atoms. The number of carbonyl (C=O) groups excluding carboxylic acids is 5. The molecule has 1 aromatic heterocycles. The second-order valence-corrected chi connectivity index (χ2v) is 16.4. The first kappa shape index (κ1) is 44.3. The molecular weight excluding hydrogens is 817 g/mol. The molecule has 0 aliphatic carbocycles. The molecule has 1 saturated heterocycles. The third-order valence-electron chi connectivity index (χ3n) is 8.01. The van der Waals surface area contributed by atoms with Crippen LogP contribution in [0, 0.1) is 0 Å². The van der Waals surface area contributed by atoms with Crippen LogP contribution in [-0.4, -0.2) is 109 Å². The highest BCUT2D eigenvalue weighted by Crippen LogP contribution is 2.33. The van der Waals surface area contributed by atoms with E-state index in [-0.39, 0.29) is 41.7 Å². The molecule has 10 N–H and O–H groups in total. The van der Waals surface area contributed by atoms with Crippen molar-refractivity contribution >= 4 is 97.6 Å². The first-order chi connectivity index (χ1) is 25.3. The Bertz CT molecular complexity index is 1880. The molecule has 1 aliphatic rings. The van der Waals surface area contributed by atoms with Crippen LogP contribution in [0.2, 0.25) is 14.4 Å². The first-order valence-electron chi connectivity index (χ1n) is 16.2. The van der Waals surface area contributed by atoms with Crippen LogP contribution in [0.5, 0.6) is 0 Å². The van der Waals surface area contributed by atoms with Gasteiger partial charge in [-0.2, -0.15) is 0 Å². The number of hydrogen-bond donors (Lipinski definition) is 8. The zero-order valence-corrected chi connectivity index (χ0v) is 32.2. The Morgan fingerprint density at radius 1 is 0.944 bits per heavy atom. The van der Waals surface area contributed by atoms with Crippen LogP contribution in [0.3, 0.4) is 0 Å². The number of nitrogens with two attached hydrogens (primary N) is 2. The number of benzene rings is 1. The lowest BCUT2D eigenvalue weighted by Crippen LogP contribution is -2.48. The van der Waals surface area contributed by atoms with E-state index in [0.717, 1.165) is 11.0 Å². The summed E-state index contributed by atoms with van der Waals surface area (Å²) in [7, 11) is -4.41. The fraction of sp³-hybridized carbons (Fsp3) is 0.452. The molecule has 1 aromatic carbocycles. The Morgan fingerprint density at radius 2 is 1.61 bits per heavy atom. The number of sulfonamides is 1. The highest BCUT2D eigenvalue weighted by Gasteiger charge is 2.42. The number of unbranched alkanes of at least 4 members (excludes halogenated alkanes) is 1. The van der Waals surface area contributed by atoms with Crippen LogP contribution >= 0.6 is 46.1 Å². The van der Waals surface area contributed by atoms with E-state index in [9.17, 15) is 52.2 Å². The molecule has 4 atom stereocenters. The van der Waals surface area contributed by atoms with Gasteiger partial charge in [-0.05, 0) is 56.0 Å². The summed E-state index contributed by atoms with van der Waals surface area (Å²) in [6.45, 7) is -0.298. The number of carboxylic acids is 2. The van der Waals surface area contributed by atoms with Gasteiger partial charge in [0.25, 0.3) is 5.91 Å². The SMILES string of the molecule is NCCCC[C@H](NC(=O)C[C@H](NC(=O)CCNC(=O)[C@@H]1C[C@@H](NC(=O)Cc2ccc(Cl)cc2Cl)CN1C(=O)c1cc(Cl)sc1S(N)(=O)=O)C(=O)O)C(=O)O. The summed E-state index contributed by atoms with van der Waals surface area (Å²) in [4.78, 5) is 89.4. The molecular formula is C31H38Cl3N7O11S2. The number of aliphatic carboxylic acids is 2. The van der Waals surface area contributed by atoms with Crippen LogP contribution in [0.4, 0.5) is 0 Å². The smallest absolute Gasteiger partial charge is 0.326 e. The normalized spacial score (nSPS) is 16.6. The molecule has 0 radical (unpaired) electrons. The summed E-state index contributed by atoms with van der Waals surface area (Å²) < 4.78 is 23.8. The van der Waals surface area contributed by atoms with Crippen molar-refractivity contribution in [1.29, 1.82) is 0 Å². The lowest BCUT2D eigenvalue weighted by atomic mass is 10.1. The number of halogens is 3. The van der Waals surface area contributed by atoms with Gasteiger partial charge in [-0.25, -0.2) is 23.1 Å². The summed E-state index contributed by atoms with van der Waals surface area (Å²) in [5.41, 5.74) is 5.47. The largest absolute Gasteiger partial charge is 0.480 e. The summed E-state index contributed by atoms with van der Waals surface area (Å²) in [5, 5.41) is 34.4. The standard InChI is InChI=1S/C31H38Cl3N7O11S2/c32-16-5-4-15(19(33)10-16)9-25(43)38-17-11-22(41(14-17)28(46)18-12-23(34)53-31(18)54(36,51)52)27(45)37-8-6-24(42)40-21(30(49)50)13-26(44)39-20(29(47)48)3-1-2-7-35/h4-5,10,12,17,20-22H,1-3,6-9,11,13-14,35H2,(H,37,45)(H,38,43)(H,39,44)(H,40,42)(H,47,48)(H,49,50)(H2,36,51,52)/t17-,20+,21+,22+/m1/s1. The third kappa shape index (κ3) is 13.1.